The summed E-state index contributed by atoms with van der Waals surface area (Å²) in [6.07, 6.45) is 4.54. The number of thiol groups is 1. The van der Waals surface area contributed by atoms with Gasteiger partial charge in [0.2, 0.25) is 0 Å². The number of hydrogen-bond donors (Lipinski definition) is 1. The van der Waals surface area contributed by atoms with E-state index in [2.05, 4.69) is 52.5 Å². The second kappa shape index (κ2) is 3.51. The molecule has 0 nitrogen and oxygen atoms in total. The van der Waals surface area contributed by atoms with E-state index < -0.39 is 0 Å². The van der Waals surface area contributed by atoms with E-state index >= 15 is 0 Å². The van der Waals surface area contributed by atoms with Crippen molar-refractivity contribution in [3.05, 3.63) is 22.6 Å². The van der Waals surface area contributed by atoms with Crippen LogP contribution in [0.3, 0.4) is 0 Å². The standard InChI is InChI=1S/C10H16S2/c1-7(2)5-9-10(4,11)6-8(3)12-9/h5-6,9,11H,1-4H3/t9?,10-/m1/s1. The minimum Gasteiger partial charge on any atom is -0.167 e. The summed E-state index contributed by atoms with van der Waals surface area (Å²) in [5.74, 6) is 0. The van der Waals surface area contributed by atoms with Crippen LogP contribution < -0.4 is 0 Å². The summed E-state index contributed by atoms with van der Waals surface area (Å²) < 4.78 is 0.0337. The van der Waals surface area contributed by atoms with Crippen molar-refractivity contribution in [2.75, 3.05) is 0 Å². The average molecular weight is 200 g/mol. The molecule has 0 radical (unpaired) electrons. The quantitative estimate of drug-likeness (QED) is 0.498. The molecule has 0 aromatic rings. The molecule has 0 fully saturated rings. The van der Waals surface area contributed by atoms with Crippen molar-refractivity contribution in [1.29, 1.82) is 0 Å². The molecule has 0 saturated carbocycles. The summed E-state index contributed by atoms with van der Waals surface area (Å²) in [4.78, 5) is 1.38. The molecular weight excluding hydrogens is 184 g/mol. The van der Waals surface area contributed by atoms with Gasteiger partial charge >= 0.3 is 0 Å². The van der Waals surface area contributed by atoms with E-state index in [-0.39, 0.29) is 4.75 Å². The van der Waals surface area contributed by atoms with E-state index in [9.17, 15) is 0 Å². The molecule has 2 heteroatoms. The van der Waals surface area contributed by atoms with Crippen molar-refractivity contribution in [1.82, 2.24) is 0 Å². The SMILES string of the molecule is CC(C)=CC1SC(C)=C[C@@]1(C)S. The summed E-state index contributed by atoms with van der Waals surface area (Å²) in [6.45, 7) is 8.60. The van der Waals surface area contributed by atoms with Crippen LogP contribution in [0.1, 0.15) is 27.7 Å². The maximum atomic E-state index is 4.64. The number of thioether (sulfide) groups is 1. The van der Waals surface area contributed by atoms with Crippen molar-refractivity contribution in [2.24, 2.45) is 0 Å². The Balaban J connectivity index is 2.79. The van der Waals surface area contributed by atoms with E-state index in [0.717, 1.165) is 0 Å². The first-order valence-corrected chi connectivity index (χ1v) is 5.48. The summed E-state index contributed by atoms with van der Waals surface area (Å²) in [6, 6.07) is 0. The van der Waals surface area contributed by atoms with Gasteiger partial charge in [0.1, 0.15) is 0 Å². The van der Waals surface area contributed by atoms with Gasteiger partial charge in [-0.15, -0.1) is 11.8 Å². The van der Waals surface area contributed by atoms with Gasteiger partial charge in [0.05, 0.1) is 0 Å². The van der Waals surface area contributed by atoms with Crippen LogP contribution in [0.4, 0.5) is 0 Å². The third-order valence-corrected chi connectivity index (χ3v) is 3.82. The Morgan fingerprint density at radius 3 is 2.58 bits per heavy atom. The van der Waals surface area contributed by atoms with E-state index in [1.165, 1.54) is 10.5 Å². The third kappa shape index (κ3) is 2.33. The van der Waals surface area contributed by atoms with E-state index in [4.69, 9.17) is 0 Å². The zero-order valence-corrected chi connectivity index (χ0v) is 9.80. The number of hydrogen-bond acceptors (Lipinski definition) is 2. The van der Waals surface area contributed by atoms with Crippen molar-refractivity contribution >= 4 is 24.4 Å². The van der Waals surface area contributed by atoms with Gasteiger partial charge < -0.3 is 0 Å². The lowest BCUT2D eigenvalue weighted by Crippen LogP contribution is -2.23. The zero-order chi connectivity index (χ0) is 9.35. The topological polar surface area (TPSA) is 0 Å². The lowest BCUT2D eigenvalue weighted by molar-refractivity contribution is 0.838. The molecule has 1 aliphatic rings. The highest BCUT2D eigenvalue weighted by atomic mass is 32.2. The first-order valence-electron chi connectivity index (χ1n) is 4.15. The van der Waals surface area contributed by atoms with Crippen LogP contribution in [-0.2, 0) is 0 Å². The molecule has 12 heavy (non-hydrogen) atoms. The van der Waals surface area contributed by atoms with Crippen LogP contribution in [0, 0.1) is 0 Å². The molecule has 1 aliphatic heterocycles. The molecule has 0 bridgehead atoms. The second-order valence-electron chi connectivity index (χ2n) is 3.76. The molecule has 0 aliphatic carbocycles. The van der Waals surface area contributed by atoms with E-state index in [1.807, 2.05) is 11.8 Å². The highest BCUT2D eigenvalue weighted by Gasteiger charge is 2.32. The Morgan fingerprint density at radius 1 is 1.67 bits per heavy atom. The van der Waals surface area contributed by atoms with Crippen molar-refractivity contribution in [3.8, 4) is 0 Å². The molecule has 1 heterocycles. The maximum absolute atomic E-state index is 4.64. The maximum Gasteiger partial charge on any atom is 0.0451 e. The van der Waals surface area contributed by atoms with Gasteiger partial charge in [0.15, 0.2) is 0 Å². The fourth-order valence-electron chi connectivity index (χ4n) is 1.35. The van der Waals surface area contributed by atoms with Gasteiger partial charge in [0.25, 0.3) is 0 Å². The second-order valence-corrected chi connectivity index (χ2v) is 6.11. The van der Waals surface area contributed by atoms with Crippen LogP contribution in [0.15, 0.2) is 22.6 Å². The Morgan fingerprint density at radius 2 is 2.25 bits per heavy atom. The molecule has 0 saturated heterocycles. The predicted octanol–water partition coefficient (Wildman–Crippen LogP) is 3.66. The number of allylic oxidation sites excluding steroid dienone is 2. The van der Waals surface area contributed by atoms with Crippen LogP contribution in [-0.4, -0.2) is 10.00 Å². The van der Waals surface area contributed by atoms with Crippen LogP contribution in [0.2, 0.25) is 0 Å². The minimum atomic E-state index is 0.0337. The van der Waals surface area contributed by atoms with Gasteiger partial charge in [-0.2, -0.15) is 12.6 Å². The normalized spacial score (nSPS) is 34.8. The molecule has 0 spiro atoms. The predicted molar refractivity (Wildman–Crippen MR) is 62.0 cm³/mol. The van der Waals surface area contributed by atoms with E-state index in [1.54, 1.807) is 0 Å². The average Bonchev–Trinajstić information content (AvgIpc) is 2.04. The highest BCUT2D eigenvalue weighted by Crippen LogP contribution is 2.43. The fraction of sp³-hybridized carbons (Fsp3) is 0.600. The first kappa shape index (κ1) is 10.3. The Kier molecular flexibility index (Phi) is 3.00. The van der Waals surface area contributed by atoms with Crippen molar-refractivity contribution < 1.29 is 0 Å². The molecule has 68 valence electrons. The molecular formula is C10H16S2. The zero-order valence-electron chi connectivity index (χ0n) is 8.09. The highest BCUT2D eigenvalue weighted by molar-refractivity contribution is 8.05. The largest absolute Gasteiger partial charge is 0.167 e. The van der Waals surface area contributed by atoms with Crippen molar-refractivity contribution in [2.45, 2.75) is 37.7 Å². The minimum absolute atomic E-state index is 0.0337. The molecule has 1 unspecified atom stereocenters. The Bertz CT molecular complexity index is 232. The summed E-state index contributed by atoms with van der Waals surface area (Å²) in [5, 5.41) is 0.505. The molecule has 0 aromatic heterocycles. The van der Waals surface area contributed by atoms with Gasteiger partial charge in [-0.05, 0) is 32.6 Å². The molecule has 1 rings (SSSR count). The van der Waals surface area contributed by atoms with Gasteiger partial charge in [-0.1, -0.05) is 17.7 Å². The smallest absolute Gasteiger partial charge is 0.0451 e. The van der Waals surface area contributed by atoms with Crippen LogP contribution >= 0.6 is 24.4 Å². The lowest BCUT2D eigenvalue weighted by atomic mass is 10.0. The van der Waals surface area contributed by atoms with Crippen LogP contribution in [0.25, 0.3) is 0 Å². The van der Waals surface area contributed by atoms with Gasteiger partial charge in [0, 0.05) is 10.00 Å². The monoisotopic (exact) mass is 200 g/mol. The summed E-state index contributed by atoms with van der Waals surface area (Å²) in [5.41, 5.74) is 1.37. The fourth-order valence-corrected chi connectivity index (χ4v) is 3.23. The third-order valence-electron chi connectivity index (χ3n) is 1.87. The van der Waals surface area contributed by atoms with Gasteiger partial charge in [-0.25, -0.2) is 0 Å². The van der Waals surface area contributed by atoms with E-state index in [0.29, 0.717) is 5.25 Å². The molecule has 0 N–H and O–H groups in total. The Hall–Kier alpha value is 0.180. The Labute approximate surface area is 84.9 Å². The molecule has 2 atom stereocenters. The molecule has 0 amide bonds. The summed E-state index contributed by atoms with van der Waals surface area (Å²) >= 11 is 6.55. The number of rotatable bonds is 1. The van der Waals surface area contributed by atoms with Crippen molar-refractivity contribution in [3.63, 3.8) is 0 Å². The summed E-state index contributed by atoms with van der Waals surface area (Å²) in [7, 11) is 0. The van der Waals surface area contributed by atoms with Crippen LogP contribution in [0.5, 0.6) is 0 Å². The lowest BCUT2D eigenvalue weighted by Gasteiger charge is -2.21. The molecule has 0 aromatic carbocycles. The van der Waals surface area contributed by atoms with Gasteiger partial charge in [-0.3, -0.25) is 0 Å². The first-order chi connectivity index (χ1) is 5.42.